The number of carbonyl (C=O) groups excluding carboxylic acids is 1. The van der Waals surface area contributed by atoms with Crippen molar-refractivity contribution >= 4 is 36.4 Å². The molecule has 1 saturated heterocycles. The Morgan fingerprint density at radius 2 is 1.77 bits per heavy atom. The van der Waals surface area contributed by atoms with E-state index >= 15 is 0 Å². The number of hydrogen-bond acceptors (Lipinski definition) is 4. The number of aromatic nitrogens is 2. The van der Waals surface area contributed by atoms with Gasteiger partial charge >= 0.3 is 0 Å². The first kappa shape index (κ1) is 21.0. The first-order valence-electron chi connectivity index (χ1n) is 7.07. The molecule has 2 N–H and O–H groups in total. The van der Waals surface area contributed by atoms with Gasteiger partial charge in [0.05, 0.1) is 17.9 Å². The second-order valence-electron chi connectivity index (χ2n) is 6.53. The Bertz CT molecular complexity index is 478. The van der Waals surface area contributed by atoms with Crippen molar-refractivity contribution in [3.8, 4) is 0 Å². The molecule has 1 aromatic heterocycles. The quantitative estimate of drug-likeness (QED) is 0.871. The Kier molecular flexibility index (Phi) is 7.68. The molecule has 0 unspecified atom stereocenters. The average molecular weight is 352 g/mol. The highest BCUT2D eigenvalue weighted by Gasteiger charge is 2.32. The molecule has 1 amide bonds. The van der Waals surface area contributed by atoms with Crippen molar-refractivity contribution in [3.05, 3.63) is 12.4 Å². The lowest BCUT2D eigenvalue weighted by Crippen LogP contribution is -2.56. The average Bonchev–Trinajstić information content (AvgIpc) is 2.83. The number of anilines is 1. The van der Waals surface area contributed by atoms with Crippen LogP contribution in [0.15, 0.2) is 12.4 Å². The smallest absolute Gasteiger partial charge is 0.240 e. The molecule has 1 atom stereocenters. The van der Waals surface area contributed by atoms with Crippen molar-refractivity contribution < 1.29 is 4.79 Å². The van der Waals surface area contributed by atoms with Crippen molar-refractivity contribution in [1.29, 1.82) is 0 Å². The van der Waals surface area contributed by atoms with Gasteiger partial charge in [0, 0.05) is 39.4 Å². The molecule has 1 aliphatic heterocycles. The van der Waals surface area contributed by atoms with Crippen LogP contribution in [0, 0.1) is 5.41 Å². The summed E-state index contributed by atoms with van der Waals surface area (Å²) in [6, 6.07) is -0.438. The number of nitrogens with two attached hydrogens (primary N) is 1. The number of halogens is 2. The molecule has 1 fully saturated rings. The van der Waals surface area contributed by atoms with Crippen molar-refractivity contribution in [2.45, 2.75) is 26.8 Å². The number of rotatable bonds is 2. The summed E-state index contributed by atoms with van der Waals surface area (Å²) in [4.78, 5) is 16.5. The van der Waals surface area contributed by atoms with Gasteiger partial charge in [0.1, 0.15) is 0 Å². The molecule has 0 radical (unpaired) electrons. The van der Waals surface area contributed by atoms with Gasteiger partial charge < -0.3 is 15.5 Å². The number of carbonyl (C=O) groups is 1. The van der Waals surface area contributed by atoms with Gasteiger partial charge in [0.2, 0.25) is 5.91 Å². The van der Waals surface area contributed by atoms with E-state index < -0.39 is 6.04 Å². The fourth-order valence-corrected chi connectivity index (χ4v) is 2.32. The van der Waals surface area contributed by atoms with E-state index in [1.807, 2.05) is 45.1 Å². The molecular formula is C14H27Cl2N5O. The molecule has 1 aliphatic rings. The Hall–Kier alpha value is -0.980. The van der Waals surface area contributed by atoms with Gasteiger partial charge in [-0.05, 0) is 5.41 Å². The van der Waals surface area contributed by atoms with Gasteiger partial charge in [-0.15, -0.1) is 24.8 Å². The molecule has 0 aromatic carbocycles. The molecule has 128 valence electrons. The molecule has 22 heavy (non-hydrogen) atoms. The summed E-state index contributed by atoms with van der Waals surface area (Å²) < 4.78 is 1.79. The van der Waals surface area contributed by atoms with Crippen LogP contribution in [-0.4, -0.2) is 52.8 Å². The number of aryl methyl sites for hydroxylation is 1. The summed E-state index contributed by atoms with van der Waals surface area (Å²) >= 11 is 0. The third kappa shape index (κ3) is 4.76. The van der Waals surface area contributed by atoms with Crippen molar-refractivity contribution in [2.75, 3.05) is 31.1 Å². The summed E-state index contributed by atoms with van der Waals surface area (Å²) in [5, 5.41) is 4.18. The second-order valence-corrected chi connectivity index (χ2v) is 6.53. The Morgan fingerprint density at radius 3 is 2.18 bits per heavy atom. The third-order valence-electron chi connectivity index (χ3n) is 3.85. The normalized spacial score (nSPS) is 16.6. The maximum absolute atomic E-state index is 12.4. The van der Waals surface area contributed by atoms with Crippen LogP contribution in [-0.2, 0) is 11.8 Å². The van der Waals surface area contributed by atoms with Gasteiger partial charge in [-0.3, -0.25) is 9.48 Å². The standard InChI is InChI=1S/C14H25N5O.2ClH/c1-14(2,3)12(15)13(20)19-7-5-18(6-8-19)11-9-16-17(4)10-11;;/h9-10,12H,5-8,15H2,1-4H3;2*1H/t12-;;/m1../s1. The highest BCUT2D eigenvalue weighted by Crippen LogP contribution is 2.21. The van der Waals surface area contributed by atoms with Gasteiger partial charge in [0.15, 0.2) is 0 Å². The van der Waals surface area contributed by atoms with Crippen LogP contribution in [0.4, 0.5) is 5.69 Å². The molecule has 1 aromatic rings. The van der Waals surface area contributed by atoms with E-state index in [1.165, 1.54) is 0 Å². The topological polar surface area (TPSA) is 67.4 Å². The van der Waals surface area contributed by atoms with Crippen LogP contribution < -0.4 is 10.6 Å². The van der Waals surface area contributed by atoms with Gasteiger partial charge in [-0.1, -0.05) is 20.8 Å². The molecule has 2 rings (SSSR count). The van der Waals surface area contributed by atoms with Crippen LogP contribution in [0.25, 0.3) is 0 Å². The zero-order valence-corrected chi connectivity index (χ0v) is 15.3. The third-order valence-corrected chi connectivity index (χ3v) is 3.85. The first-order valence-corrected chi connectivity index (χ1v) is 7.07. The lowest BCUT2D eigenvalue weighted by molar-refractivity contribution is -0.135. The number of hydrogen-bond donors (Lipinski definition) is 1. The van der Waals surface area contributed by atoms with E-state index in [0.29, 0.717) is 0 Å². The molecule has 0 spiro atoms. The van der Waals surface area contributed by atoms with Crippen LogP contribution >= 0.6 is 24.8 Å². The van der Waals surface area contributed by atoms with Crippen molar-refractivity contribution in [2.24, 2.45) is 18.2 Å². The van der Waals surface area contributed by atoms with E-state index in [2.05, 4.69) is 10.00 Å². The molecule has 8 heteroatoms. The van der Waals surface area contributed by atoms with E-state index in [1.54, 1.807) is 4.68 Å². The van der Waals surface area contributed by atoms with Gasteiger partial charge in [-0.2, -0.15) is 5.10 Å². The van der Waals surface area contributed by atoms with E-state index in [4.69, 9.17) is 5.73 Å². The Morgan fingerprint density at radius 1 is 1.23 bits per heavy atom. The first-order chi connectivity index (χ1) is 9.29. The fraction of sp³-hybridized carbons (Fsp3) is 0.714. The maximum Gasteiger partial charge on any atom is 0.240 e. The second kappa shape index (κ2) is 8.04. The molecule has 2 heterocycles. The van der Waals surface area contributed by atoms with E-state index in [9.17, 15) is 4.79 Å². The minimum atomic E-state index is -0.438. The predicted molar refractivity (Wildman–Crippen MR) is 93.9 cm³/mol. The Balaban J connectivity index is 0.00000220. The minimum absolute atomic E-state index is 0. The number of nitrogens with zero attached hydrogens (tertiary/aromatic N) is 4. The highest BCUT2D eigenvalue weighted by molar-refractivity contribution is 5.85. The summed E-state index contributed by atoms with van der Waals surface area (Å²) in [6.45, 7) is 9.10. The van der Waals surface area contributed by atoms with Gasteiger partial charge in [0.25, 0.3) is 0 Å². The predicted octanol–water partition coefficient (Wildman–Crippen LogP) is 1.29. The van der Waals surface area contributed by atoms with Crippen LogP contribution in [0.2, 0.25) is 0 Å². The van der Waals surface area contributed by atoms with Crippen LogP contribution in [0.3, 0.4) is 0 Å². The van der Waals surface area contributed by atoms with E-state index in [0.717, 1.165) is 31.9 Å². The van der Waals surface area contributed by atoms with E-state index in [-0.39, 0.29) is 36.1 Å². The minimum Gasteiger partial charge on any atom is -0.365 e. The monoisotopic (exact) mass is 351 g/mol. The summed E-state index contributed by atoms with van der Waals surface area (Å²) in [5.41, 5.74) is 6.97. The number of piperazine rings is 1. The molecule has 0 bridgehead atoms. The summed E-state index contributed by atoms with van der Waals surface area (Å²) in [6.07, 6.45) is 3.86. The molecule has 6 nitrogen and oxygen atoms in total. The highest BCUT2D eigenvalue weighted by atomic mass is 35.5. The lowest BCUT2D eigenvalue weighted by atomic mass is 9.86. The maximum atomic E-state index is 12.4. The largest absolute Gasteiger partial charge is 0.365 e. The zero-order valence-electron chi connectivity index (χ0n) is 13.7. The van der Waals surface area contributed by atoms with Crippen LogP contribution in [0.5, 0.6) is 0 Å². The van der Waals surface area contributed by atoms with Crippen LogP contribution in [0.1, 0.15) is 20.8 Å². The number of amides is 1. The molecular weight excluding hydrogens is 325 g/mol. The Labute approximate surface area is 144 Å². The van der Waals surface area contributed by atoms with Crippen molar-refractivity contribution in [1.82, 2.24) is 14.7 Å². The summed E-state index contributed by atoms with van der Waals surface area (Å²) in [7, 11) is 1.91. The zero-order chi connectivity index (χ0) is 14.9. The fourth-order valence-electron chi connectivity index (χ4n) is 2.32. The molecule has 0 aliphatic carbocycles. The molecule has 0 saturated carbocycles. The van der Waals surface area contributed by atoms with Gasteiger partial charge in [-0.25, -0.2) is 0 Å². The van der Waals surface area contributed by atoms with Crippen molar-refractivity contribution in [3.63, 3.8) is 0 Å². The summed E-state index contributed by atoms with van der Waals surface area (Å²) in [5.74, 6) is 0.0586. The SMILES string of the molecule is Cl.Cl.Cn1cc(N2CCN(C(=O)[C@@H](N)C(C)(C)C)CC2)cn1. The lowest BCUT2D eigenvalue weighted by Gasteiger charge is -2.38.